The zero-order valence-corrected chi connectivity index (χ0v) is 12.3. The van der Waals surface area contributed by atoms with Crippen LogP contribution in [0.4, 0.5) is 4.39 Å². The Morgan fingerprint density at radius 2 is 2.10 bits per heavy atom. The molecule has 2 N–H and O–H groups in total. The Labute approximate surface area is 122 Å². The molecule has 5 heteroatoms. The number of nitrogens with one attached hydrogen (secondary N) is 1. The van der Waals surface area contributed by atoms with Crippen molar-refractivity contribution in [3.05, 3.63) is 41.2 Å². The third kappa shape index (κ3) is 4.37. The molecule has 0 amide bonds. The Kier molecular flexibility index (Phi) is 5.64. The summed E-state index contributed by atoms with van der Waals surface area (Å²) in [5.41, 5.74) is 1.91. The summed E-state index contributed by atoms with van der Waals surface area (Å²) in [6.07, 6.45) is 1.31. The lowest BCUT2D eigenvalue weighted by atomic mass is 10.2. The van der Waals surface area contributed by atoms with Crippen LogP contribution in [-0.4, -0.2) is 22.7 Å². The molecule has 0 aliphatic carbocycles. The summed E-state index contributed by atoms with van der Waals surface area (Å²) in [7, 11) is 0. The average molecular weight is 294 g/mol. The Morgan fingerprint density at radius 1 is 1.35 bits per heavy atom. The quantitative estimate of drug-likeness (QED) is 0.771. The summed E-state index contributed by atoms with van der Waals surface area (Å²) >= 11 is 1.55. The Bertz CT molecular complexity index is 527. The third-order valence-electron chi connectivity index (χ3n) is 3.07. The lowest BCUT2D eigenvalue weighted by Gasteiger charge is -2.07. The Hall–Kier alpha value is -1.30. The average Bonchev–Trinajstić information content (AvgIpc) is 2.93. The van der Waals surface area contributed by atoms with Gasteiger partial charge in [-0.2, -0.15) is 0 Å². The Balaban J connectivity index is 1.85. The van der Waals surface area contributed by atoms with Crippen molar-refractivity contribution >= 4 is 11.3 Å². The summed E-state index contributed by atoms with van der Waals surface area (Å²) in [4.78, 5) is 4.52. The largest absolute Gasteiger partial charge is 0.393 e. The summed E-state index contributed by atoms with van der Waals surface area (Å²) in [6.45, 7) is 3.44. The molecule has 0 spiro atoms. The van der Waals surface area contributed by atoms with E-state index in [1.54, 1.807) is 23.5 Å². The number of halogens is 1. The number of nitrogens with zero attached hydrogens (tertiary/aromatic N) is 1. The number of aliphatic hydroxyl groups is 1. The predicted molar refractivity (Wildman–Crippen MR) is 80.1 cm³/mol. The van der Waals surface area contributed by atoms with Crippen LogP contribution in [0.1, 0.15) is 25.5 Å². The van der Waals surface area contributed by atoms with Crippen molar-refractivity contribution in [1.82, 2.24) is 10.3 Å². The second-order valence-corrected chi connectivity index (χ2v) is 5.54. The van der Waals surface area contributed by atoms with Crippen molar-refractivity contribution in [3.63, 3.8) is 0 Å². The van der Waals surface area contributed by atoms with Gasteiger partial charge >= 0.3 is 0 Å². The highest BCUT2D eigenvalue weighted by atomic mass is 32.1. The normalized spacial score (nSPS) is 12.6. The fourth-order valence-electron chi connectivity index (χ4n) is 1.80. The highest BCUT2D eigenvalue weighted by Crippen LogP contribution is 2.23. The van der Waals surface area contributed by atoms with Crippen LogP contribution in [0.3, 0.4) is 0 Å². The minimum atomic E-state index is -0.235. The van der Waals surface area contributed by atoms with Crippen LogP contribution in [0.15, 0.2) is 29.6 Å². The molecule has 0 saturated heterocycles. The Morgan fingerprint density at radius 3 is 2.80 bits per heavy atom. The van der Waals surface area contributed by atoms with E-state index in [1.165, 1.54) is 12.1 Å². The van der Waals surface area contributed by atoms with Gasteiger partial charge in [0.1, 0.15) is 10.8 Å². The molecule has 3 nitrogen and oxygen atoms in total. The van der Waals surface area contributed by atoms with Crippen LogP contribution < -0.4 is 5.32 Å². The second-order valence-electron chi connectivity index (χ2n) is 4.68. The number of aliphatic hydroxyl groups excluding tert-OH is 1. The molecule has 0 aliphatic heterocycles. The zero-order valence-electron chi connectivity index (χ0n) is 11.5. The van der Waals surface area contributed by atoms with Gasteiger partial charge in [-0.25, -0.2) is 9.37 Å². The fourth-order valence-corrected chi connectivity index (χ4v) is 2.63. The van der Waals surface area contributed by atoms with E-state index >= 15 is 0 Å². The lowest BCUT2D eigenvalue weighted by Crippen LogP contribution is -2.19. The van der Waals surface area contributed by atoms with Gasteiger partial charge in [0, 0.05) is 17.5 Å². The molecule has 0 bridgehead atoms. The molecule has 2 aromatic rings. The molecule has 0 radical (unpaired) electrons. The molecule has 0 fully saturated rings. The number of thiazole rings is 1. The standard InChI is InChI=1S/C15H19FN2OS/c1-2-14(19)7-8-17-9-13-10-20-15(18-13)11-3-5-12(16)6-4-11/h3-6,10,14,17,19H,2,7-9H2,1H3. The van der Waals surface area contributed by atoms with Crippen molar-refractivity contribution in [2.24, 2.45) is 0 Å². The van der Waals surface area contributed by atoms with E-state index in [9.17, 15) is 9.50 Å². The number of rotatable bonds is 7. The van der Waals surface area contributed by atoms with Crippen molar-refractivity contribution in [1.29, 1.82) is 0 Å². The van der Waals surface area contributed by atoms with Crippen LogP contribution in [0.25, 0.3) is 10.6 Å². The van der Waals surface area contributed by atoms with Crippen LogP contribution in [-0.2, 0) is 6.54 Å². The first-order valence-corrected chi connectivity index (χ1v) is 7.66. The molecular weight excluding hydrogens is 275 g/mol. The molecule has 20 heavy (non-hydrogen) atoms. The first-order chi connectivity index (χ1) is 9.69. The highest BCUT2D eigenvalue weighted by molar-refractivity contribution is 7.13. The fraction of sp³-hybridized carbons (Fsp3) is 0.400. The second kappa shape index (κ2) is 7.47. The predicted octanol–water partition coefficient (Wildman–Crippen LogP) is 3.20. The minimum Gasteiger partial charge on any atom is -0.393 e. The molecule has 108 valence electrons. The van der Waals surface area contributed by atoms with Crippen LogP contribution in [0.5, 0.6) is 0 Å². The van der Waals surface area contributed by atoms with Gasteiger partial charge < -0.3 is 10.4 Å². The minimum absolute atomic E-state index is 0.229. The van der Waals surface area contributed by atoms with E-state index < -0.39 is 0 Å². The number of benzene rings is 1. The van der Waals surface area contributed by atoms with Crippen LogP contribution >= 0.6 is 11.3 Å². The van der Waals surface area contributed by atoms with E-state index in [4.69, 9.17) is 0 Å². The van der Waals surface area contributed by atoms with E-state index in [2.05, 4.69) is 10.3 Å². The van der Waals surface area contributed by atoms with Gasteiger partial charge in [-0.15, -0.1) is 11.3 Å². The highest BCUT2D eigenvalue weighted by Gasteiger charge is 2.05. The SMILES string of the molecule is CCC(O)CCNCc1csc(-c2ccc(F)cc2)n1. The summed E-state index contributed by atoms with van der Waals surface area (Å²) in [5, 5.41) is 15.6. The summed E-state index contributed by atoms with van der Waals surface area (Å²) in [6, 6.07) is 6.37. The monoisotopic (exact) mass is 294 g/mol. The van der Waals surface area contributed by atoms with Crippen molar-refractivity contribution in [2.45, 2.75) is 32.4 Å². The molecule has 0 saturated carbocycles. The number of hydrogen-bond donors (Lipinski definition) is 2. The molecule has 2 rings (SSSR count). The van der Waals surface area contributed by atoms with E-state index in [1.807, 2.05) is 12.3 Å². The number of aromatic nitrogens is 1. The third-order valence-corrected chi connectivity index (χ3v) is 4.01. The zero-order chi connectivity index (χ0) is 14.4. The molecule has 1 atom stereocenters. The van der Waals surface area contributed by atoms with Gasteiger partial charge in [-0.05, 0) is 43.7 Å². The van der Waals surface area contributed by atoms with Crippen molar-refractivity contribution < 1.29 is 9.50 Å². The lowest BCUT2D eigenvalue weighted by molar-refractivity contribution is 0.159. The number of hydrogen-bond acceptors (Lipinski definition) is 4. The maximum atomic E-state index is 12.9. The van der Waals surface area contributed by atoms with Crippen LogP contribution in [0.2, 0.25) is 0 Å². The van der Waals surface area contributed by atoms with Gasteiger partial charge in [0.15, 0.2) is 0 Å². The molecule has 1 heterocycles. The van der Waals surface area contributed by atoms with Gasteiger partial charge in [0.05, 0.1) is 11.8 Å². The molecule has 1 aromatic heterocycles. The van der Waals surface area contributed by atoms with E-state index in [0.717, 1.165) is 35.7 Å². The first-order valence-electron chi connectivity index (χ1n) is 6.78. The smallest absolute Gasteiger partial charge is 0.123 e. The van der Waals surface area contributed by atoms with Crippen molar-refractivity contribution in [2.75, 3.05) is 6.54 Å². The summed E-state index contributed by atoms with van der Waals surface area (Å²) in [5.74, 6) is -0.235. The van der Waals surface area contributed by atoms with Crippen LogP contribution in [0, 0.1) is 5.82 Å². The molecule has 1 unspecified atom stereocenters. The maximum Gasteiger partial charge on any atom is 0.123 e. The molecule has 1 aromatic carbocycles. The van der Waals surface area contributed by atoms with E-state index in [-0.39, 0.29) is 11.9 Å². The maximum absolute atomic E-state index is 12.9. The van der Waals surface area contributed by atoms with E-state index in [0.29, 0.717) is 6.54 Å². The molecule has 0 aliphatic rings. The first kappa shape index (κ1) is 15.1. The van der Waals surface area contributed by atoms with Gasteiger partial charge in [0.25, 0.3) is 0 Å². The van der Waals surface area contributed by atoms with Crippen molar-refractivity contribution in [3.8, 4) is 10.6 Å². The van der Waals surface area contributed by atoms with Gasteiger partial charge in [0.2, 0.25) is 0 Å². The van der Waals surface area contributed by atoms with Gasteiger partial charge in [-0.1, -0.05) is 6.92 Å². The topological polar surface area (TPSA) is 45.1 Å². The summed E-state index contributed by atoms with van der Waals surface area (Å²) < 4.78 is 12.9. The van der Waals surface area contributed by atoms with Gasteiger partial charge in [-0.3, -0.25) is 0 Å². The molecular formula is C15H19FN2OS.